The highest BCUT2D eigenvalue weighted by Gasteiger charge is 2.06. The van der Waals surface area contributed by atoms with Gasteiger partial charge in [-0.05, 0) is 25.0 Å². The van der Waals surface area contributed by atoms with E-state index in [2.05, 4.69) is 27.2 Å². The summed E-state index contributed by atoms with van der Waals surface area (Å²) in [7, 11) is 0. The van der Waals surface area contributed by atoms with Gasteiger partial charge in [0.15, 0.2) is 5.65 Å². The van der Waals surface area contributed by atoms with E-state index in [-0.39, 0.29) is 5.91 Å². The number of rotatable bonds is 5. The number of nitrogens with one attached hydrogen (secondary N) is 2. The molecule has 0 atom stereocenters. The van der Waals surface area contributed by atoms with E-state index in [4.69, 9.17) is 0 Å². The third-order valence-electron chi connectivity index (χ3n) is 2.63. The second-order valence-corrected chi connectivity index (χ2v) is 4.30. The molecule has 2 N–H and O–H groups in total. The maximum atomic E-state index is 11.5. The molecule has 0 aromatic carbocycles. The molecule has 1 amide bonds. The second-order valence-electron chi connectivity index (χ2n) is 4.30. The lowest BCUT2D eigenvalue weighted by molar-refractivity contribution is -0.116. The Kier molecular flexibility index (Phi) is 3.92. The van der Waals surface area contributed by atoms with Crippen molar-refractivity contribution in [3.63, 3.8) is 0 Å². The van der Waals surface area contributed by atoms with E-state index >= 15 is 0 Å². The zero-order valence-electron chi connectivity index (χ0n) is 10.8. The first-order valence-electron chi connectivity index (χ1n) is 6.38. The molecule has 0 aliphatic carbocycles. The molecule has 5 nitrogen and oxygen atoms in total. The van der Waals surface area contributed by atoms with Crippen molar-refractivity contribution in [3.05, 3.63) is 18.0 Å². The predicted octanol–water partition coefficient (Wildman–Crippen LogP) is 2.65. The number of fused-ring (bicyclic) bond motifs is 1. The van der Waals surface area contributed by atoms with E-state index in [0.29, 0.717) is 17.9 Å². The van der Waals surface area contributed by atoms with Crippen LogP contribution in [0.25, 0.3) is 11.2 Å². The van der Waals surface area contributed by atoms with Gasteiger partial charge in [-0.1, -0.05) is 13.8 Å². The zero-order valence-corrected chi connectivity index (χ0v) is 10.8. The number of hydrogen-bond acceptors (Lipinski definition) is 3. The quantitative estimate of drug-likeness (QED) is 0.852. The fourth-order valence-electron chi connectivity index (χ4n) is 1.80. The Morgan fingerprint density at radius 1 is 1.28 bits per heavy atom. The molecule has 0 unspecified atom stereocenters. The van der Waals surface area contributed by atoms with Crippen molar-refractivity contribution in [1.82, 2.24) is 15.0 Å². The van der Waals surface area contributed by atoms with Crippen LogP contribution in [0.2, 0.25) is 0 Å². The molecule has 2 rings (SSSR count). The number of amides is 1. The van der Waals surface area contributed by atoms with Crippen LogP contribution in [0.1, 0.15) is 38.9 Å². The smallest absolute Gasteiger partial charge is 0.225 e. The number of H-pyrrole nitrogens is 1. The minimum Gasteiger partial charge on any atom is -0.341 e. The number of carbonyl (C=O) groups excluding carboxylic acids is 1. The largest absolute Gasteiger partial charge is 0.341 e. The molecule has 0 aliphatic rings. The Morgan fingerprint density at radius 2 is 2.11 bits per heavy atom. The number of imidazole rings is 1. The van der Waals surface area contributed by atoms with Gasteiger partial charge in [0.1, 0.15) is 11.6 Å². The van der Waals surface area contributed by atoms with Gasteiger partial charge in [-0.15, -0.1) is 0 Å². The van der Waals surface area contributed by atoms with Crippen LogP contribution < -0.4 is 5.32 Å². The van der Waals surface area contributed by atoms with E-state index in [1.165, 1.54) is 0 Å². The number of pyridine rings is 1. The maximum Gasteiger partial charge on any atom is 0.225 e. The number of nitrogens with zero attached hydrogens (tertiary/aromatic N) is 2. The lowest BCUT2D eigenvalue weighted by Gasteiger charge is -2.02. The Balaban J connectivity index is 2.18. The fraction of sp³-hybridized carbons (Fsp3) is 0.462. The number of carbonyl (C=O) groups is 1. The van der Waals surface area contributed by atoms with Gasteiger partial charge in [0.2, 0.25) is 5.91 Å². The van der Waals surface area contributed by atoms with Crippen molar-refractivity contribution in [3.8, 4) is 0 Å². The summed E-state index contributed by atoms with van der Waals surface area (Å²) in [6.45, 7) is 4.08. The molecule has 5 heteroatoms. The van der Waals surface area contributed by atoms with Gasteiger partial charge >= 0.3 is 0 Å². The summed E-state index contributed by atoms with van der Waals surface area (Å²) in [4.78, 5) is 23.4. The van der Waals surface area contributed by atoms with E-state index in [9.17, 15) is 4.79 Å². The predicted molar refractivity (Wildman–Crippen MR) is 71.4 cm³/mol. The summed E-state index contributed by atoms with van der Waals surface area (Å²) in [5, 5.41) is 2.77. The Morgan fingerprint density at radius 3 is 2.83 bits per heavy atom. The third kappa shape index (κ3) is 2.85. The standard InChI is InChI=1S/C13H18N4O/c1-3-5-10-14-9-7-8-11(17-13(9)16-10)15-12(18)6-4-2/h7-8H,3-6H2,1-2H3,(H2,14,15,16,17,18). The molecule has 2 aromatic rings. The highest BCUT2D eigenvalue weighted by Crippen LogP contribution is 2.14. The van der Waals surface area contributed by atoms with Crippen LogP contribution in [0.15, 0.2) is 12.1 Å². The summed E-state index contributed by atoms with van der Waals surface area (Å²) >= 11 is 0. The van der Waals surface area contributed by atoms with E-state index in [0.717, 1.165) is 30.6 Å². The van der Waals surface area contributed by atoms with Crippen LogP contribution in [-0.2, 0) is 11.2 Å². The Labute approximate surface area is 106 Å². The molecule has 0 fully saturated rings. The van der Waals surface area contributed by atoms with Crippen LogP contribution in [0, 0.1) is 0 Å². The highest BCUT2D eigenvalue weighted by atomic mass is 16.1. The molecule has 96 valence electrons. The summed E-state index contributed by atoms with van der Waals surface area (Å²) in [5.74, 6) is 1.50. The zero-order chi connectivity index (χ0) is 13.0. The normalized spacial score (nSPS) is 10.8. The first kappa shape index (κ1) is 12.5. The molecule has 0 spiro atoms. The fourth-order valence-corrected chi connectivity index (χ4v) is 1.80. The topological polar surface area (TPSA) is 70.7 Å². The molecular formula is C13H18N4O. The van der Waals surface area contributed by atoms with Gasteiger partial charge < -0.3 is 10.3 Å². The van der Waals surface area contributed by atoms with Gasteiger partial charge in [-0.25, -0.2) is 9.97 Å². The summed E-state index contributed by atoms with van der Waals surface area (Å²) in [6, 6.07) is 3.69. The monoisotopic (exact) mass is 246 g/mol. The van der Waals surface area contributed by atoms with Crippen LogP contribution in [0.3, 0.4) is 0 Å². The number of aromatic amines is 1. The molecule has 2 heterocycles. The average molecular weight is 246 g/mol. The summed E-state index contributed by atoms with van der Waals surface area (Å²) in [5.41, 5.74) is 1.57. The van der Waals surface area contributed by atoms with Gasteiger partial charge in [0.25, 0.3) is 0 Å². The van der Waals surface area contributed by atoms with Crippen LogP contribution in [0.4, 0.5) is 5.82 Å². The molecule has 2 aromatic heterocycles. The Hall–Kier alpha value is -1.91. The van der Waals surface area contributed by atoms with Gasteiger partial charge in [-0.2, -0.15) is 0 Å². The second kappa shape index (κ2) is 5.62. The van der Waals surface area contributed by atoms with Crippen molar-refractivity contribution in [2.45, 2.75) is 39.5 Å². The maximum absolute atomic E-state index is 11.5. The van der Waals surface area contributed by atoms with Gasteiger partial charge in [-0.3, -0.25) is 4.79 Å². The highest BCUT2D eigenvalue weighted by molar-refractivity contribution is 5.90. The number of aryl methyl sites for hydroxylation is 1. The Bertz CT molecular complexity index is 547. The molecule has 18 heavy (non-hydrogen) atoms. The molecular weight excluding hydrogens is 228 g/mol. The first-order chi connectivity index (χ1) is 8.72. The lowest BCUT2D eigenvalue weighted by Crippen LogP contribution is -2.11. The van der Waals surface area contributed by atoms with Gasteiger partial charge in [0, 0.05) is 12.8 Å². The van der Waals surface area contributed by atoms with E-state index < -0.39 is 0 Å². The molecule has 0 saturated carbocycles. The number of anilines is 1. The molecule has 0 saturated heterocycles. The van der Waals surface area contributed by atoms with Crippen LogP contribution in [0.5, 0.6) is 0 Å². The first-order valence-corrected chi connectivity index (χ1v) is 6.38. The molecule has 0 bridgehead atoms. The third-order valence-corrected chi connectivity index (χ3v) is 2.63. The lowest BCUT2D eigenvalue weighted by atomic mass is 10.3. The summed E-state index contributed by atoms with van der Waals surface area (Å²) in [6.07, 6.45) is 3.30. The van der Waals surface area contributed by atoms with Crippen LogP contribution >= 0.6 is 0 Å². The average Bonchev–Trinajstić information content (AvgIpc) is 2.71. The number of aromatic nitrogens is 3. The van der Waals surface area contributed by atoms with Gasteiger partial charge in [0.05, 0.1) is 5.52 Å². The minimum atomic E-state index is -0.00586. The van der Waals surface area contributed by atoms with Crippen molar-refractivity contribution < 1.29 is 4.79 Å². The van der Waals surface area contributed by atoms with E-state index in [1.807, 2.05) is 13.0 Å². The van der Waals surface area contributed by atoms with Crippen molar-refractivity contribution in [2.75, 3.05) is 5.32 Å². The summed E-state index contributed by atoms with van der Waals surface area (Å²) < 4.78 is 0. The van der Waals surface area contributed by atoms with E-state index in [1.54, 1.807) is 6.07 Å². The van der Waals surface area contributed by atoms with Crippen LogP contribution in [-0.4, -0.2) is 20.9 Å². The SMILES string of the molecule is CCCC(=O)Nc1ccc2[nH]c(CCC)nc2n1. The van der Waals surface area contributed by atoms with Crippen molar-refractivity contribution in [2.24, 2.45) is 0 Å². The molecule has 0 aliphatic heterocycles. The number of hydrogen-bond donors (Lipinski definition) is 2. The van der Waals surface area contributed by atoms with Crippen molar-refractivity contribution in [1.29, 1.82) is 0 Å². The van der Waals surface area contributed by atoms with Crippen molar-refractivity contribution >= 4 is 22.9 Å². The molecule has 0 radical (unpaired) electrons. The minimum absolute atomic E-state index is 0.00586.